The number of hydrogen-bond acceptors (Lipinski definition) is 13. The number of carboxylic acids is 1. The van der Waals surface area contributed by atoms with Gasteiger partial charge in [0.1, 0.15) is 18.1 Å². The highest BCUT2D eigenvalue weighted by atomic mass is 16.7. The monoisotopic (exact) mass is 695 g/mol. The second-order valence-corrected chi connectivity index (χ2v) is 13.1. The highest BCUT2D eigenvalue weighted by Crippen LogP contribution is 2.38. The molecule has 0 radical (unpaired) electrons. The number of ether oxygens (including phenoxy) is 4. The maximum absolute atomic E-state index is 12.3. The molecule has 14 unspecified atom stereocenters. The smallest absolute Gasteiger partial charge is 0.330 e. The Morgan fingerprint density at radius 2 is 1.59 bits per heavy atom. The van der Waals surface area contributed by atoms with E-state index in [9.17, 15) is 45.3 Å². The molecule has 0 saturated carbocycles. The molecule has 0 spiro atoms. The predicted molar refractivity (Wildman–Crippen MR) is 176 cm³/mol. The van der Waals surface area contributed by atoms with Gasteiger partial charge in [-0.25, -0.2) is 4.79 Å². The van der Waals surface area contributed by atoms with Crippen molar-refractivity contribution in [2.24, 2.45) is 17.6 Å². The zero-order valence-electron chi connectivity index (χ0n) is 28.2. The van der Waals surface area contributed by atoms with Crippen molar-refractivity contribution < 1.29 is 64.3 Å². The number of aliphatic hydroxyl groups is 6. The van der Waals surface area contributed by atoms with Crippen molar-refractivity contribution in [1.82, 2.24) is 0 Å². The van der Waals surface area contributed by atoms with E-state index in [2.05, 4.69) is 0 Å². The van der Waals surface area contributed by atoms with E-state index in [1.807, 2.05) is 19.1 Å². The average molecular weight is 696 g/mol. The normalized spacial score (nSPS) is 45.2. The van der Waals surface area contributed by atoms with E-state index in [0.717, 1.165) is 6.42 Å². The van der Waals surface area contributed by atoms with Gasteiger partial charge in [-0.2, -0.15) is 0 Å². The Labute approximate surface area is 286 Å². The molecule has 14 atom stereocenters. The van der Waals surface area contributed by atoms with Crippen LogP contribution in [0.3, 0.4) is 0 Å². The van der Waals surface area contributed by atoms with Crippen LogP contribution in [0.4, 0.5) is 0 Å². The Balaban J connectivity index is 1.93. The summed E-state index contributed by atoms with van der Waals surface area (Å²) in [5.74, 6) is -5.69. The molecule has 3 heterocycles. The SMILES string of the molecule is CCC1\C=C/C=C\C=C/C=C\C(OC2OC(C)C(O)C(N)C2O)CC2OC(O)(CC(O)CC(O)C/C=C/C(=O)OC1C)CC(O)C2C(=O)O. The first-order valence-corrected chi connectivity index (χ1v) is 16.8. The van der Waals surface area contributed by atoms with E-state index < -0.39 is 104 Å². The van der Waals surface area contributed by atoms with Crippen LogP contribution in [0.1, 0.15) is 59.3 Å². The summed E-state index contributed by atoms with van der Waals surface area (Å²) in [7, 11) is 0. The number of hydrogen-bond donors (Lipinski definition) is 8. The van der Waals surface area contributed by atoms with Crippen molar-refractivity contribution in [2.75, 3.05) is 0 Å². The fourth-order valence-electron chi connectivity index (χ4n) is 6.29. The largest absolute Gasteiger partial charge is 0.481 e. The van der Waals surface area contributed by atoms with Crippen LogP contribution in [-0.4, -0.2) is 121 Å². The van der Waals surface area contributed by atoms with Crippen LogP contribution in [0.15, 0.2) is 60.8 Å². The van der Waals surface area contributed by atoms with Crippen LogP contribution in [0.25, 0.3) is 0 Å². The molecule has 2 bridgehead atoms. The van der Waals surface area contributed by atoms with Gasteiger partial charge in [0.25, 0.3) is 0 Å². The lowest BCUT2D eigenvalue weighted by molar-refractivity contribution is -0.308. The Morgan fingerprint density at radius 3 is 2.24 bits per heavy atom. The van der Waals surface area contributed by atoms with Crippen LogP contribution in [-0.2, 0) is 28.5 Å². The molecule has 2 fully saturated rings. The lowest BCUT2D eigenvalue weighted by atomic mass is 9.83. The van der Waals surface area contributed by atoms with Crippen molar-refractivity contribution in [3.05, 3.63) is 60.8 Å². The average Bonchev–Trinajstić information content (AvgIpc) is 3.00. The summed E-state index contributed by atoms with van der Waals surface area (Å²) in [6.07, 6.45) is 4.26. The maximum atomic E-state index is 12.3. The molecule has 0 aliphatic carbocycles. The molecule has 0 aromatic heterocycles. The minimum atomic E-state index is -2.18. The van der Waals surface area contributed by atoms with Crippen LogP contribution < -0.4 is 5.73 Å². The van der Waals surface area contributed by atoms with E-state index in [1.54, 1.807) is 50.3 Å². The van der Waals surface area contributed by atoms with Crippen LogP contribution in [0.5, 0.6) is 0 Å². The maximum Gasteiger partial charge on any atom is 0.330 e. The molecule has 0 aromatic rings. The van der Waals surface area contributed by atoms with Crippen molar-refractivity contribution in [2.45, 2.75) is 132 Å². The number of aliphatic hydroxyl groups excluding tert-OH is 5. The highest BCUT2D eigenvalue weighted by molar-refractivity contribution is 5.82. The van der Waals surface area contributed by atoms with E-state index in [0.29, 0.717) is 0 Å². The number of allylic oxidation sites excluding steroid dienone is 6. The van der Waals surface area contributed by atoms with Gasteiger partial charge in [0.15, 0.2) is 12.1 Å². The van der Waals surface area contributed by atoms with Gasteiger partial charge in [0.2, 0.25) is 0 Å². The molecule has 3 aliphatic rings. The molecular weight excluding hydrogens is 642 g/mol. The number of esters is 1. The van der Waals surface area contributed by atoms with Crippen LogP contribution in [0.2, 0.25) is 0 Å². The fourth-order valence-corrected chi connectivity index (χ4v) is 6.29. The van der Waals surface area contributed by atoms with Crippen LogP contribution in [0, 0.1) is 11.8 Å². The summed E-state index contributed by atoms with van der Waals surface area (Å²) in [5.41, 5.74) is 5.98. The molecule has 3 rings (SSSR count). The van der Waals surface area contributed by atoms with Crippen molar-refractivity contribution in [1.29, 1.82) is 0 Å². The number of carbonyl (C=O) groups is 2. The summed E-state index contributed by atoms with van der Waals surface area (Å²) in [4.78, 5) is 24.6. The van der Waals surface area contributed by atoms with Gasteiger partial charge in [0.05, 0.1) is 48.8 Å². The molecule has 49 heavy (non-hydrogen) atoms. The summed E-state index contributed by atoms with van der Waals surface area (Å²) in [6, 6.07) is -1.09. The summed E-state index contributed by atoms with van der Waals surface area (Å²) >= 11 is 0. The van der Waals surface area contributed by atoms with Gasteiger partial charge in [0, 0.05) is 31.3 Å². The summed E-state index contributed by atoms with van der Waals surface area (Å²) in [6.45, 7) is 5.32. The Bertz CT molecular complexity index is 1220. The number of carbonyl (C=O) groups excluding carboxylic acids is 1. The van der Waals surface area contributed by atoms with Gasteiger partial charge < -0.3 is 60.4 Å². The first-order chi connectivity index (χ1) is 23.1. The predicted octanol–water partition coefficient (Wildman–Crippen LogP) is 0.739. The third-order valence-corrected chi connectivity index (χ3v) is 9.05. The quantitative estimate of drug-likeness (QED) is 0.189. The zero-order valence-corrected chi connectivity index (χ0v) is 28.2. The van der Waals surface area contributed by atoms with Crippen molar-refractivity contribution >= 4 is 11.9 Å². The first-order valence-electron chi connectivity index (χ1n) is 16.8. The van der Waals surface area contributed by atoms with Gasteiger partial charge in [-0.15, -0.1) is 0 Å². The highest BCUT2D eigenvalue weighted by Gasteiger charge is 2.50. The molecule has 0 amide bonds. The number of rotatable bonds is 4. The zero-order chi connectivity index (χ0) is 36.3. The molecule has 2 saturated heterocycles. The Hall–Kier alpha value is -2.76. The number of fused-ring (bicyclic) bond motifs is 2. The molecule has 3 aliphatic heterocycles. The van der Waals surface area contributed by atoms with Crippen LogP contribution >= 0.6 is 0 Å². The number of carboxylic acid groups (broad SMARTS) is 1. The van der Waals surface area contributed by atoms with E-state index in [-0.39, 0.29) is 25.2 Å². The number of nitrogens with two attached hydrogens (primary N) is 1. The minimum Gasteiger partial charge on any atom is -0.481 e. The molecule has 0 aromatic carbocycles. The minimum absolute atomic E-state index is 0.00132. The van der Waals surface area contributed by atoms with E-state index in [1.165, 1.54) is 12.2 Å². The molecule has 9 N–H and O–H groups in total. The van der Waals surface area contributed by atoms with Gasteiger partial charge in [-0.1, -0.05) is 61.6 Å². The fraction of sp³-hybridized carbons (Fsp3) is 0.657. The lowest BCUT2D eigenvalue weighted by Gasteiger charge is -2.45. The second kappa shape index (κ2) is 19.0. The Morgan fingerprint density at radius 1 is 0.939 bits per heavy atom. The molecule has 14 nitrogen and oxygen atoms in total. The number of aliphatic carboxylic acids is 1. The van der Waals surface area contributed by atoms with Gasteiger partial charge >= 0.3 is 11.9 Å². The third kappa shape index (κ3) is 12.2. The molecule has 276 valence electrons. The lowest BCUT2D eigenvalue weighted by Crippen LogP contribution is -2.61. The summed E-state index contributed by atoms with van der Waals surface area (Å²) < 4.78 is 23.1. The first kappa shape index (κ1) is 40.7. The topological polar surface area (TPSA) is 239 Å². The van der Waals surface area contributed by atoms with Gasteiger partial charge in [-0.3, -0.25) is 4.79 Å². The van der Waals surface area contributed by atoms with E-state index >= 15 is 0 Å². The summed E-state index contributed by atoms with van der Waals surface area (Å²) in [5, 5.41) is 74.4. The van der Waals surface area contributed by atoms with Crippen molar-refractivity contribution in [3.63, 3.8) is 0 Å². The van der Waals surface area contributed by atoms with E-state index in [4.69, 9.17) is 24.7 Å². The standard InChI is InChI=1S/C35H53NO13/c1-4-22-12-9-7-5-6-8-10-14-25(48-34-32(42)30(36)31(41)21(3)47-34)17-27-29(33(43)44)26(39)19-35(45,49-27)18-24(38)16-23(37)13-11-15-28(40)46-20(22)2/h5-12,14-15,20-27,29-32,34,37-39,41-42,45H,4,13,16-19,36H2,1-3H3,(H,43,44)/b7-5-,8-6-,12-9-,14-10-,15-11+. The second-order valence-electron chi connectivity index (χ2n) is 13.1. The third-order valence-electron chi connectivity index (χ3n) is 9.05. The molecule has 14 heteroatoms. The molecular formula is C35H53NO13. The van der Waals surface area contributed by atoms with Gasteiger partial charge in [-0.05, 0) is 33.1 Å². The Kier molecular flexibility index (Phi) is 15.8. The number of cyclic esters (lactones) is 1. The van der Waals surface area contributed by atoms with Crippen molar-refractivity contribution in [3.8, 4) is 0 Å².